The van der Waals surface area contributed by atoms with Gasteiger partial charge in [0.05, 0.1) is 5.69 Å². The normalized spacial score (nSPS) is 10.7. The van der Waals surface area contributed by atoms with Crippen LogP contribution in [0.15, 0.2) is 77.3 Å². The highest BCUT2D eigenvalue weighted by Crippen LogP contribution is 2.26. The van der Waals surface area contributed by atoms with Crippen LogP contribution < -0.4 is 0 Å². The van der Waals surface area contributed by atoms with Gasteiger partial charge in [-0.15, -0.1) is 5.10 Å². The number of ketones is 1. The average Bonchev–Trinajstić information content (AvgIpc) is 3.25. The minimum Gasteiger partial charge on any atom is -0.451 e. The highest BCUT2D eigenvalue weighted by atomic mass is 79.9. The van der Waals surface area contributed by atoms with Crippen LogP contribution in [0.25, 0.3) is 17.1 Å². The van der Waals surface area contributed by atoms with E-state index in [1.165, 1.54) is 4.68 Å². The van der Waals surface area contributed by atoms with Crippen molar-refractivity contribution >= 4 is 39.3 Å². The first-order valence-corrected chi connectivity index (χ1v) is 10.8. The maximum Gasteiger partial charge on any atom is 0.378 e. The van der Waals surface area contributed by atoms with E-state index in [4.69, 9.17) is 16.3 Å². The van der Waals surface area contributed by atoms with E-state index in [0.717, 1.165) is 15.6 Å². The molecule has 0 radical (unpaired) electrons. The first-order valence-electron chi connectivity index (χ1n) is 9.67. The summed E-state index contributed by atoms with van der Waals surface area (Å²) in [7, 11) is 0. The molecule has 32 heavy (non-hydrogen) atoms. The molecule has 0 aliphatic rings. The van der Waals surface area contributed by atoms with Crippen LogP contribution in [-0.4, -0.2) is 33.1 Å². The summed E-state index contributed by atoms with van der Waals surface area (Å²) in [5, 5.41) is 4.92. The molecule has 8 heteroatoms. The molecule has 4 rings (SSSR count). The molecule has 3 aromatic carbocycles. The number of hydrogen-bond acceptors (Lipinski definition) is 5. The van der Waals surface area contributed by atoms with Gasteiger partial charge in [-0.05, 0) is 36.8 Å². The molecule has 0 aliphatic heterocycles. The van der Waals surface area contributed by atoms with Gasteiger partial charge in [-0.2, -0.15) is 0 Å². The standard InChI is InChI=1S/C24H17BrClN3O3/c1-15-7-12-19(13-20(15)26)29-23(17-8-10-18(25)11-9-17)27-22(28-29)24(31)32-14-21(30)16-5-3-2-4-6-16/h2-13H,14H2,1H3. The van der Waals surface area contributed by atoms with E-state index in [-0.39, 0.29) is 11.6 Å². The summed E-state index contributed by atoms with van der Waals surface area (Å²) in [5.41, 5.74) is 2.77. The molecule has 0 N–H and O–H groups in total. The van der Waals surface area contributed by atoms with Crippen LogP contribution in [0.2, 0.25) is 5.02 Å². The minimum absolute atomic E-state index is 0.152. The smallest absolute Gasteiger partial charge is 0.378 e. The second-order valence-corrected chi connectivity index (χ2v) is 8.30. The molecule has 0 spiro atoms. The second kappa shape index (κ2) is 9.46. The molecular weight excluding hydrogens is 494 g/mol. The third kappa shape index (κ3) is 4.79. The monoisotopic (exact) mass is 509 g/mol. The van der Waals surface area contributed by atoms with Gasteiger partial charge in [-0.3, -0.25) is 4.79 Å². The molecule has 0 fully saturated rings. The number of Topliss-reactive ketones (excluding diaryl/α,β-unsaturated/α-hetero) is 1. The van der Waals surface area contributed by atoms with E-state index in [0.29, 0.717) is 22.1 Å². The lowest BCUT2D eigenvalue weighted by atomic mass is 10.1. The summed E-state index contributed by atoms with van der Waals surface area (Å²) in [6.07, 6.45) is 0. The predicted molar refractivity (Wildman–Crippen MR) is 125 cm³/mol. The van der Waals surface area contributed by atoms with Crippen molar-refractivity contribution in [2.24, 2.45) is 0 Å². The molecule has 0 atom stereocenters. The highest BCUT2D eigenvalue weighted by Gasteiger charge is 2.21. The Morgan fingerprint density at radius 1 is 1.03 bits per heavy atom. The van der Waals surface area contributed by atoms with Gasteiger partial charge in [-0.1, -0.05) is 76.1 Å². The van der Waals surface area contributed by atoms with E-state index in [1.807, 2.05) is 43.3 Å². The number of halogens is 2. The summed E-state index contributed by atoms with van der Waals surface area (Å²) in [5.74, 6) is -0.805. The quantitative estimate of drug-likeness (QED) is 0.246. The van der Waals surface area contributed by atoms with E-state index in [2.05, 4.69) is 26.0 Å². The molecule has 0 bridgehead atoms. The van der Waals surface area contributed by atoms with E-state index >= 15 is 0 Å². The van der Waals surface area contributed by atoms with Crippen molar-refractivity contribution in [3.8, 4) is 17.1 Å². The van der Waals surface area contributed by atoms with Gasteiger partial charge in [0.1, 0.15) is 0 Å². The number of esters is 1. The van der Waals surface area contributed by atoms with Gasteiger partial charge in [0.2, 0.25) is 0 Å². The lowest BCUT2D eigenvalue weighted by molar-refractivity contribution is 0.0462. The maximum absolute atomic E-state index is 12.6. The number of benzene rings is 3. The Balaban J connectivity index is 1.65. The molecule has 0 saturated heterocycles. The van der Waals surface area contributed by atoms with Gasteiger partial charge < -0.3 is 4.74 Å². The van der Waals surface area contributed by atoms with Crippen molar-refractivity contribution in [2.45, 2.75) is 6.92 Å². The SMILES string of the molecule is Cc1ccc(-n2nc(C(=O)OCC(=O)c3ccccc3)nc2-c2ccc(Br)cc2)cc1Cl. The number of rotatable bonds is 6. The van der Waals surface area contributed by atoms with Gasteiger partial charge in [0, 0.05) is 20.6 Å². The molecule has 1 aromatic heterocycles. The summed E-state index contributed by atoms with van der Waals surface area (Å²) in [4.78, 5) is 29.3. The van der Waals surface area contributed by atoms with Crippen LogP contribution in [0.4, 0.5) is 0 Å². The Kier molecular flexibility index (Phi) is 6.48. The molecule has 6 nitrogen and oxygen atoms in total. The van der Waals surface area contributed by atoms with Gasteiger partial charge in [-0.25, -0.2) is 14.5 Å². The molecule has 0 amide bonds. The van der Waals surface area contributed by atoms with Crippen molar-refractivity contribution in [3.63, 3.8) is 0 Å². The minimum atomic E-state index is -0.787. The Morgan fingerprint density at radius 2 is 1.75 bits per heavy atom. The van der Waals surface area contributed by atoms with Crippen LogP contribution in [-0.2, 0) is 4.74 Å². The number of aromatic nitrogens is 3. The third-order valence-corrected chi connectivity index (χ3v) is 5.66. The van der Waals surface area contributed by atoms with Crippen LogP contribution in [0.1, 0.15) is 26.5 Å². The summed E-state index contributed by atoms with van der Waals surface area (Å²) in [6, 6.07) is 21.5. The number of carbonyl (C=O) groups excluding carboxylic acids is 2. The number of nitrogens with zero attached hydrogens (tertiary/aromatic N) is 3. The number of aryl methyl sites for hydroxylation is 1. The van der Waals surface area contributed by atoms with Crippen molar-refractivity contribution in [1.29, 1.82) is 0 Å². The van der Waals surface area contributed by atoms with Crippen LogP contribution >= 0.6 is 27.5 Å². The molecular formula is C24H17BrClN3O3. The number of ether oxygens (including phenoxy) is 1. The fourth-order valence-electron chi connectivity index (χ4n) is 2.98. The Hall–Kier alpha value is -3.29. The van der Waals surface area contributed by atoms with Gasteiger partial charge >= 0.3 is 5.97 Å². The largest absolute Gasteiger partial charge is 0.451 e. The zero-order valence-electron chi connectivity index (χ0n) is 17.0. The van der Waals surface area contributed by atoms with Crippen LogP contribution in [0, 0.1) is 6.92 Å². The Labute approximate surface area is 197 Å². The predicted octanol–water partition coefficient (Wildman–Crippen LogP) is 5.70. The second-order valence-electron chi connectivity index (χ2n) is 6.98. The summed E-state index contributed by atoms with van der Waals surface area (Å²) < 4.78 is 7.63. The number of carbonyl (C=O) groups is 2. The Morgan fingerprint density at radius 3 is 2.44 bits per heavy atom. The zero-order valence-corrected chi connectivity index (χ0v) is 19.3. The molecule has 1 heterocycles. The van der Waals surface area contributed by atoms with Gasteiger partial charge in [0.15, 0.2) is 18.2 Å². The molecule has 0 aliphatic carbocycles. The van der Waals surface area contributed by atoms with Crippen molar-refractivity contribution < 1.29 is 14.3 Å². The molecule has 4 aromatic rings. The zero-order chi connectivity index (χ0) is 22.7. The summed E-state index contributed by atoms with van der Waals surface area (Å²) in [6.45, 7) is 1.50. The van der Waals surface area contributed by atoms with Crippen molar-refractivity contribution in [1.82, 2.24) is 14.8 Å². The van der Waals surface area contributed by atoms with Crippen LogP contribution in [0.5, 0.6) is 0 Å². The third-order valence-electron chi connectivity index (χ3n) is 4.72. The lowest BCUT2D eigenvalue weighted by Crippen LogP contribution is -2.15. The van der Waals surface area contributed by atoms with E-state index < -0.39 is 12.6 Å². The first kappa shape index (κ1) is 21.9. The van der Waals surface area contributed by atoms with Crippen molar-refractivity contribution in [2.75, 3.05) is 6.61 Å². The fraction of sp³-hybridized carbons (Fsp3) is 0.0833. The van der Waals surface area contributed by atoms with Crippen molar-refractivity contribution in [3.05, 3.63) is 99.2 Å². The molecule has 0 unspecified atom stereocenters. The van der Waals surface area contributed by atoms with E-state index in [9.17, 15) is 9.59 Å². The average molecular weight is 511 g/mol. The summed E-state index contributed by atoms with van der Waals surface area (Å²) >= 11 is 9.71. The maximum atomic E-state index is 12.6. The topological polar surface area (TPSA) is 74.1 Å². The highest BCUT2D eigenvalue weighted by molar-refractivity contribution is 9.10. The first-order chi connectivity index (χ1) is 15.4. The fourth-order valence-corrected chi connectivity index (χ4v) is 3.42. The van der Waals surface area contributed by atoms with E-state index in [1.54, 1.807) is 36.4 Å². The number of hydrogen-bond donors (Lipinski definition) is 0. The Bertz CT molecular complexity index is 1290. The lowest BCUT2D eigenvalue weighted by Gasteiger charge is -2.07. The molecule has 0 saturated carbocycles. The van der Waals surface area contributed by atoms with Crippen LogP contribution in [0.3, 0.4) is 0 Å². The molecule has 160 valence electrons. The van der Waals surface area contributed by atoms with Gasteiger partial charge in [0.25, 0.3) is 5.82 Å².